The Morgan fingerprint density at radius 3 is 2.92 bits per heavy atom. The number of carbonyl (C=O) groups is 1. The van der Waals surface area contributed by atoms with Crippen molar-refractivity contribution in [3.05, 3.63) is 34.7 Å². The van der Waals surface area contributed by atoms with Crippen LogP contribution in [0.3, 0.4) is 0 Å². The second kappa shape index (κ2) is 9.12. The first-order chi connectivity index (χ1) is 12.7. The second-order valence-corrected chi connectivity index (χ2v) is 7.80. The number of hydrogen-bond donors (Lipinski definition) is 3. The lowest BCUT2D eigenvalue weighted by Gasteiger charge is -2.31. The molecule has 6 nitrogen and oxygen atoms in total. The summed E-state index contributed by atoms with van der Waals surface area (Å²) in [6.45, 7) is 5.65. The van der Waals surface area contributed by atoms with Crippen molar-refractivity contribution in [2.75, 3.05) is 38.1 Å². The minimum atomic E-state index is -0.191. The van der Waals surface area contributed by atoms with Crippen molar-refractivity contribution in [2.24, 2.45) is 5.92 Å². The number of likely N-dealkylation sites (tertiary alicyclic amines) is 1. The van der Waals surface area contributed by atoms with E-state index < -0.39 is 0 Å². The number of nitrogens with one attached hydrogen (secondary N) is 2. The van der Waals surface area contributed by atoms with Crippen molar-refractivity contribution in [2.45, 2.75) is 19.8 Å². The number of anilines is 1. The van der Waals surface area contributed by atoms with E-state index >= 15 is 0 Å². The van der Waals surface area contributed by atoms with Gasteiger partial charge < -0.3 is 20.6 Å². The van der Waals surface area contributed by atoms with Crippen LogP contribution in [0.5, 0.6) is 0 Å². The van der Waals surface area contributed by atoms with Crippen molar-refractivity contribution in [1.82, 2.24) is 15.2 Å². The number of carbonyl (C=O) groups excluding carboxylic acids is 1. The molecule has 1 aliphatic heterocycles. The number of rotatable bonds is 6. The van der Waals surface area contributed by atoms with E-state index in [9.17, 15) is 4.79 Å². The first-order valence-electron chi connectivity index (χ1n) is 9.04. The molecular formula is C19H26N4O2S. The van der Waals surface area contributed by atoms with Crippen LogP contribution in [0.2, 0.25) is 0 Å². The molecule has 1 fully saturated rings. The summed E-state index contributed by atoms with van der Waals surface area (Å²) in [6.07, 6.45) is 3.84. The maximum absolute atomic E-state index is 12.3. The first-order valence-corrected chi connectivity index (χ1v) is 9.92. The summed E-state index contributed by atoms with van der Waals surface area (Å²) in [5, 5.41) is 17.0. The number of piperidine rings is 1. The number of aromatic nitrogens is 1. The molecule has 7 heteroatoms. The number of hydrogen-bond acceptors (Lipinski definition) is 5. The number of nitrogens with zero attached hydrogens (tertiary/aromatic N) is 2. The predicted octanol–water partition coefficient (Wildman–Crippen LogP) is 2.94. The highest BCUT2D eigenvalue weighted by Crippen LogP contribution is 2.29. The van der Waals surface area contributed by atoms with Crippen molar-refractivity contribution in [3.8, 4) is 11.3 Å². The fourth-order valence-corrected chi connectivity index (χ4v) is 3.95. The van der Waals surface area contributed by atoms with Gasteiger partial charge in [-0.3, -0.25) is 4.98 Å². The lowest BCUT2D eigenvalue weighted by atomic mass is 9.97. The highest BCUT2D eigenvalue weighted by Gasteiger charge is 2.19. The van der Waals surface area contributed by atoms with E-state index in [1.807, 2.05) is 12.1 Å². The third-order valence-electron chi connectivity index (χ3n) is 4.73. The molecule has 0 unspecified atom stereocenters. The molecule has 1 saturated heterocycles. The number of urea groups is 1. The third-order valence-corrected chi connectivity index (χ3v) is 5.60. The molecule has 140 valence electrons. The number of thiophene rings is 1. The van der Waals surface area contributed by atoms with E-state index in [1.54, 1.807) is 17.5 Å². The van der Waals surface area contributed by atoms with Gasteiger partial charge in [-0.25, -0.2) is 4.79 Å². The molecule has 3 heterocycles. The van der Waals surface area contributed by atoms with Crippen LogP contribution in [-0.4, -0.2) is 53.8 Å². The number of aliphatic hydroxyl groups excluding tert-OH is 1. The van der Waals surface area contributed by atoms with Gasteiger partial charge in [-0.15, -0.1) is 11.3 Å². The molecule has 0 aromatic carbocycles. The largest absolute Gasteiger partial charge is 0.395 e. The molecule has 0 bridgehead atoms. The molecule has 2 amide bonds. The van der Waals surface area contributed by atoms with E-state index in [1.165, 1.54) is 4.88 Å². The second-order valence-electron chi connectivity index (χ2n) is 6.69. The van der Waals surface area contributed by atoms with Crippen LogP contribution in [0, 0.1) is 12.8 Å². The van der Waals surface area contributed by atoms with E-state index in [2.05, 4.69) is 38.9 Å². The van der Waals surface area contributed by atoms with Crippen LogP contribution in [-0.2, 0) is 0 Å². The zero-order chi connectivity index (χ0) is 18.4. The summed E-state index contributed by atoms with van der Waals surface area (Å²) in [5.74, 6) is 0.489. The lowest BCUT2D eigenvalue weighted by Crippen LogP contribution is -2.40. The highest BCUT2D eigenvalue weighted by molar-refractivity contribution is 7.10. The minimum Gasteiger partial charge on any atom is -0.395 e. The van der Waals surface area contributed by atoms with Crippen molar-refractivity contribution >= 4 is 23.1 Å². The van der Waals surface area contributed by atoms with Gasteiger partial charge in [-0.05, 0) is 57.0 Å². The van der Waals surface area contributed by atoms with E-state index in [4.69, 9.17) is 5.11 Å². The van der Waals surface area contributed by atoms with Gasteiger partial charge in [0.1, 0.15) is 0 Å². The molecule has 0 spiro atoms. The number of amides is 2. The molecule has 1 aliphatic rings. The summed E-state index contributed by atoms with van der Waals surface area (Å²) in [6, 6.07) is 5.59. The van der Waals surface area contributed by atoms with Gasteiger partial charge in [0.2, 0.25) is 0 Å². The van der Waals surface area contributed by atoms with Crippen LogP contribution < -0.4 is 10.6 Å². The monoisotopic (exact) mass is 374 g/mol. The van der Waals surface area contributed by atoms with Crippen LogP contribution in [0.25, 0.3) is 11.3 Å². The SMILES string of the molecule is Cc1cc(-c2ncccc2NC(=O)NCC2CCN(CCO)CC2)cs1. The molecule has 2 aromatic rings. The molecular weight excluding hydrogens is 348 g/mol. The maximum Gasteiger partial charge on any atom is 0.319 e. The molecule has 0 atom stereocenters. The summed E-state index contributed by atoms with van der Waals surface area (Å²) in [4.78, 5) is 20.2. The van der Waals surface area contributed by atoms with Crippen molar-refractivity contribution < 1.29 is 9.90 Å². The smallest absolute Gasteiger partial charge is 0.319 e. The Kier molecular flexibility index (Phi) is 6.60. The molecule has 0 saturated carbocycles. The summed E-state index contributed by atoms with van der Waals surface area (Å²) in [5.41, 5.74) is 2.55. The number of β-amino-alcohol motifs (C(OH)–C–C–N with tert-alkyl or cyclic N) is 1. The maximum atomic E-state index is 12.3. The Hall–Kier alpha value is -1.96. The van der Waals surface area contributed by atoms with Crippen molar-refractivity contribution in [3.63, 3.8) is 0 Å². The molecule has 0 radical (unpaired) electrons. The Labute approximate surface area is 158 Å². The topological polar surface area (TPSA) is 77.5 Å². The van der Waals surface area contributed by atoms with Crippen LogP contribution in [0.4, 0.5) is 10.5 Å². The fourth-order valence-electron chi connectivity index (χ4n) is 3.26. The summed E-state index contributed by atoms with van der Waals surface area (Å²) in [7, 11) is 0. The standard InChI is InChI=1S/C19H26N4O2S/c1-14-11-16(13-26-14)18-17(3-2-6-20-18)22-19(25)21-12-15-4-7-23(8-5-15)9-10-24/h2-3,6,11,13,15,24H,4-5,7-10,12H2,1H3,(H2,21,22,25). The average Bonchev–Trinajstić information content (AvgIpc) is 3.08. The number of pyridine rings is 1. The fraction of sp³-hybridized carbons (Fsp3) is 0.474. The van der Waals surface area contributed by atoms with Crippen LogP contribution in [0.15, 0.2) is 29.8 Å². The number of aryl methyl sites for hydroxylation is 1. The lowest BCUT2D eigenvalue weighted by molar-refractivity contribution is 0.147. The Morgan fingerprint density at radius 2 is 2.23 bits per heavy atom. The molecule has 26 heavy (non-hydrogen) atoms. The molecule has 2 aromatic heterocycles. The van der Waals surface area contributed by atoms with E-state index in [0.717, 1.165) is 49.4 Å². The Morgan fingerprint density at radius 1 is 1.42 bits per heavy atom. The Balaban J connectivity index is 1.52. The Bertz CT molecular complexity index is 726. The summed E-state index contributed by atoms with van der Waals surface area (Å²) < 4.78 is 0. The minimum absolute atomic E-state index is 0.191. The van der Waals surface area contributed by atoms with Gasteiger partial charge in [-0.1, -0.05) is 0 Å². The zero-order valence-corrected chi connectivity index (χ0v) is 15.9. The quantitative estimate of drug-likeness (QED) is 0.726. The molecule has 3 N–H and O–H groups in total. The van der Waals surface area contributed by atoms with Crippen LogP contribution >= 0.6 is 11.3 Å². The van der Waals surface area contributed by atoms with Crippen molar-refractivity contribution in [1.29, 1.82) is 0 Å². The van der Waals surface area contributed by atoms with Gasteiger partial charge in [0.05, 0.1) is 18.0 Å². The average molecular weight is 375 g/mol. The van der Waals surface area contributed by atoms with E-state index in [-0.39, 0.29) is 12.6 Å². The zero-order valence-electron chi connectivity index (χ0n) is 15.1. The summed E-state index contributed by atoms with van der Waals surface area (Å²) >= 11 is 1.67. The first kappa shape index (κ1) is 18.8. The van der Waals surface area contributed by atoms with Gasteiger partial charge in [-0.2, -0.15) is 0 Å². The number of aliphatic hydroxyl groups is 1. The highest BCUT2D eigenvalue weighted by atomic mass is 32.1. The van der Waals surface area contributed by atoms with E-state index in [0.29, 0.717) is 12.5 Å². The normalized spacial score (nSPS) is 15.8. The molecule has 0 aliphatic carbocycles. The van der Waals surface area contributed by atoms with Gasteiger partial charge in [0, 0.05) is 35.1 Å². The van der Waals surface area contributed by atoms with Crippen LogP contribution in [0.1, 0.15) is 17.7 Å². The van der Waals surface area contributed by atoms with Gasteiger partial charge >= 0.3 is 6.03 Å². The van der Waals surface area contributed by atoms with Gasteiger partial charge in [0.25, 0.3) is 0 Å². The van der Waals surface area contributed by atoms with Gasteiger partial charge in [0.15, 0.2) is 0 Å². The third kappa shape index (κ3) is 5.03. The molecule has 3 rings (SSSR count). The predicted molar refractivity (Wildman–Crippen MR) is 106 cm³/mol.